The van der Waals surface area contributed by atoms with Crippen molar-refractivity contribution >= 4 is 11.3 Å². The lowest BCUT2D eigenvalue weighted by molar-refractivity contribution is 0.496. The van der Waals surface area contributed by atoms with Crippen molar-refractivity contribution in [2.45, 2.75) is 32.7 Å². The summed E-state index contributed by atoms with van der Waals surface area (Å²) in [6.07, 6.45) is 4.12. The first-order chi connectivity index (χ1) is 8.29. The maximum Gasteiger partial charge on any atom is 0.101 e. The highest BCUT2D eigenvalue weighted by Crippen LogP contribution is 2.22. The van der Waals surface area contributed by atoms with Gasteiger partial charge in [-0.15, -0.1) is 11.3 Å². The van der Waals surface area contributed by atoms with Gasteiger partial charge in [-0.25, -0.2) is 0 Å². The van der Waals surface area contributed by atoms with E-state index < -0.39 is 0 Å². The smallest absolute Gasteiger partial charge is 0.101 e. The second kappa shape index (κ2) is 6.03. The molecule has 17 heavy (non-hydrogen) atoms. The van der Waals surface area contributed by atoms with Crippen LogP contribution in [0.25, 0.3) is 0 Å². The number of hydrogen-bond donors (Lipinski definition) is 1. The Bertz CT molecular complexity index is 433. The fraction of sp³-hybridized carbons (Fsp3) is 0.429. The normalized spacial score (nSPS) is 12.8. The number of thiophene rings is 1. The average molecular weight is 249 g/mol. The standard InChI is InChI=1S/C14H19NOS/c1-3-15-14(12-9-11(2)16-10-12)7-6-13-5-4-8-17-13/h4-5,8-10,14-15H,3,6-7H2,1-2H3. The van der Waals surface area contributed by atoms with E-state index in [4.69, 9.17) is 4.42 Å². The van der Waals surface area contributed by atoms with Gasteiger partial charge < -0.3 is 9.73 Å². The summed E-state index contributed by atoms with van der Waals surface area (Å²) in [5, 5.41) is 5.66. The Kier molecular flexibility index (Phi) is 4.40. The van der Waals surface area contributed by atoms with Gasteiger partial charge in [0.05, 0.1) is 6.26 Å². The predicted molar refractivity (Wildman–Crippen MR) is 72.5 cm³/mol. The van der Waals surface area contributed by atoms with Crippen molar-refractivity contribution in [3.63, 3.8) is 0 Å². The third kappa shape index (κ3) is 3.45. The summed E-state index contributed by atoms with van der Waals surface area (Å²) in [6.45, 7) is 5.12. The third-order valence-corrected chi connectivity index (χ3v) is 3.80. The highest BCUT2D eigenvalue weighted by atomic mass is 32.1. The Labute approximate surface area is 107 Å². The number of rotatable bonds is 6. The minimum absolute atomic E-state index is 0.402. The lowest BCUT2D eigenvalue weighted by Gasteiger charge is -2.15. The summed E-state index contributed by atoms with van der Waals surface area (Å²) in [6, 6.07) is 6.85. The molecule has 1 unspecified atom stereocenters. The van der Waals surface area contributed by atoms with Crippen molar-refractivity contribution in [1.82, 2.24) is 5.32 Å². The van der Waals surface area contributed by atoms with Crippen LogP contribution in [0.1, 0.15) is 35.6 Å². The van der Waals surface area contributed by atoms with E-state index in [1.807, 2.05) is 24.5 Å². The van der Waals surface area contributed by atoms with Gasteiger partial charge in [-0.1, -0.05) is 13.0 Å². The molecule has 0 aliphatic carbocycles. The molecule has 0 radical (unpaired) electrons. The van der Waals surface area contributed by atoms with Crippen LogP contribution < -0.4 is 5.32 Å². The van der Waals surface area contributed by atoms with E-state index in [0.717, 1.165) is 25.1 Å². The fourth-order valence-electron chi connectivity index (χ4n) is 2.02. The molecule has 0 amide bonds. The number of furan rings is 1. The largest absolute Gasteiger partial charge is 0.469 e. The molecular formula is C14H19NOS. The molecule has 2 heterocycles. The quantitative estimate of drug-likeness (QED) is 0.839. The molecule has 0 fully saturated rings. The van der Waals surface area contributed by atoms with Crippen LogP contribution in [0.4, 0.5) is 0 Å². The molecule has 0 saturated carbocycles. The van der Waals surface area contributed by atoms with Crippen LogP contribution in [0.15, 0.2) is 34.3 Å². The zero-order chi connectivity index (χ0) is 12.1. The molecule has 0 aliphatic rings. The van der Waals surface area contributed by atoms with Crippen molar-refractivity contribution in [3.05, 3.63) is 46.0 Å². The zero-order valence-electron chi connectivity index (χ0n) is 10.4. The average Bonchev–Trinajstić information content (AvgIpc) is 2.95. The molecule has 2 aromatic rings. The first kappa shape index (κ1) is 12.4. The van der Waals surface area contributed by atoms with E-state index >= 15 is 0 Å². The van der Waals surface area contributed by atoms with Gasteiger partial charge >= 0.3 is 0 Å². The van der Waals surface area contributed by atoms with Gasteiger partial charge in [-0.05, 0) is 43.8 Å². The van der Waals surface area contributed by atoms with Crippen LogP contribution in [0.3, 0.4) is 0 Å². The summed E-state index contributed by atoms with van der Waals surface area (Å²) in [7, 11) is 0. The van der Waals surface area contributed by atoms with E-state index in [-0.39, 0.29) is 0 Å². The van der Waals surface area contributed by atoms with Crippen LogP contribution in [0, 0.1) is 6.92 Å². The van der Waals surface area contributed by atoms with Gasteiger partial charge in [0.25, 0.3) is 0 Å². The molecule has 0 spiro atoms. The Morgan fingerprint density at radius 3 is 2.94 bits per heavy atom. The molecule has 1 atom stereocenters. The Hall–Kier alpha value is -1.06. The minimum atomic E-state index is 0.402. The van der Waals surface area contributed by atoms with Crippen LogP contribution >= 0.6 is 11.3 Å². The van der Waals surface area contributed by atoms with Gasteiger partial charge in [0, 0.05) is 16.5 Å². The first-order valence-corrected chi connectivity index (χ1v) is 6.98. The summed E-state index contributed by atoms with van der Waals surface area (Å²) in [4.78, 5) is 1.45. The molecule has 0 aliphatic heterocycles. The molecule has 0 saturated heterocycles. The van der Waals surface area contributed by atoms with E-state index in [1.165, 1.54) is 10.4 Å². The second-order valence-electron chi connectivity index (χ2n) is 4.22. The van der Waals surface area contributed by atoms with Crippen molar-refractivity contribution in [1.29, 1.82) is 0 Å². The number of hydrogen-bond acceptors (Lipinski definition) is 3. The monoisotopic (exact) mass is 249 g/mol. The highest BCUT2D eigenvalue weighted by Gasteiger charge is 2.12. The van der Waals surface area contributed by atoms with Crippen molar-refractivity contribution in [2.75, 3.05) is 6.54 Å². The van der Waals surface area contributed by atoms with Crippen molar-refractivity contribution in [2.24, 2.45) is 0 Å². The molecule has 0 aromatic carbocycles. The lowest BCUT2D eigenvalue weighted by Crippen LogP contribution is -2.20. The zero-order valence-corrected chi connectivity index (χ0v) is 11.2. The van der Waals surface area contributed by atoms with E-state index in [0.29, 0.717) is 6.04 Å². The van der Waals surface area contributed by atoms with Gasteiger partial charge in [-0.3, -0.25) is 0 Å². The van der Waals surface area contributed by atoms with Gasteiger partial charge in [0.15, 0.2) is 0 Å². The van der Waals surface area contributed by atoms with Gasteiger partial charge in [0.1, 0.15) is 5.76 Å². The van der Waals surface area contributed by atoms with Crippen molar-refractivity contribution < 1.29 is 4.42 Å². The molecule has 2 nitrogen and oxygen atoms in total. The molecule has 0 bridgehead atoms. The van der Waals surface area contributed by atoms with Gasteiger partial charge in [-0.2, -0.15) is 0 Å². The minimum Gasteiger partial charge on any atom is -0.469 e. The topological polar surface area (TPSA) is 25.2 Å². The summed E-state index contributed by atoms with van der Waals surface area (Å²) in [5.41, 5.74) is 1.26. The van der Waals surface area contributed by atoms with Crippen LogP contribution in [0.2, 0.25) is 0 Å². The molecule has 2 aromatic heterocycles. The first-order valence-electron chi connectivity index (χ1n) is 6.10. The predicted octanol–water partition coefficient (Wildman–Crippen LogP) is 3.93. The highest BCUT2D eigenvalue weighted by molar-refractivity contribution is 7.09. The molecule has 1 N–H and O–H groups in total. The molecule has 92 valence electrons. The third-order valence-electron chi connectivity index (χ3n) is 2.86. The van der Waals surface area contributed by atoms with E-state index in [2.05, 4.69) is 35.8 Å². The fourth-order valence-corrected chi connectivity index (χ4v) is 2.75. The van der Waals surface area contributed by atoms with Gasteiger partial charge in [0.2, 0.25) is 0 Å². The van der Waals surface area contributed by atoms with Crippen molar-refractivity contribution in [3.8, 4) is 0 Å². The Balaban J connectivity index is 1.97. The Morgan fingerprint density at radius 1 is 1.47 bits per heavy atom. The molecule has 3 heteroatoms. The van der Waals surface area contributed by atoms with Crippen LogP contribution in [-0.2, 0) is 6.42 Å². The summed E-state index contributed by atoms with van der Waals surface area (Å²) in [5.74, 6) is 0.985. The molecule has 2 rings (SSSR count). The second-order valence-corrected chi connectivity index (χ2v) is 5.25. The lowest BCUT2D eigenvalue weighted by atomic mass is 10.0. The summed E-state index contributed by atoms with van der Waals surface area (Å²) < 4.78 is 5.39. The SMILES string of the molecule is CCNC(CCc1cccs1)c1coc(C)c1. The van der Waals surface area contributed by atoms with Crippen LogP contribution in [-0.4, -0.2) is 6.54 Å². The number of nitrogens with one attached hydrogen (secondary N) is 1. The number of aryl methyl sites for hydroxylation is 2. The molecular weight excluding hydrogens is 230 g/mol. The Morgan fingerprint density at radius 2 is 2.35 bits per heavy atom. The maximum absolute atomic E-state index is 5.39. The maximum atomic E-state index is 5.39. The summed E-state index contributed by atoms with van der Waals surface area (Å²) >= 11 is 1.83. The van der Waals surface area contributed by atoms with E-state index in [1.54, 1.807) is 0 Å². The van der Waals surface area contributed by atoms with E-state index in [9.17, 15) is 0 Å². The van der Waals surface area contributed by atoms with Crippen LogP contribution in [0.5, 0.6) is 0 Å².